The molecule has 1 atom stereocenters. The predicted molar refractivity (Wildman–Crippen MR) is 140 cm³/mol. The molecule has 1 amide bonds. The number of hydrogen-bond donors (Lipinski definition) is 4. The number of benzene rings is 2. The second kappa shape index (κ2) is 8.68. The summed E-state index contributed by atoms with van der Waals surface area (Å²) in [7, 11) is 0. The molecular formula is C26H29FN6O4. The van der Waals surface area contributed by atoms with Crippen LogP contribution in [-0.4, -0.2) is 62.3 Å². The third-order valence-corrected chi connectivity index (χ3v) is 6.46. The highest BCUT2D eigenvalue weighted by atomic mass is 19.1. The van der Waals surface area contributed by atoms with Crippen LogP contribution in [0.1, 0.15) is 27.7 Å². The van der Waals surface area contributed by atoms with Crippen molar-refractivity contribution in [1.82, 2.24) is 19.9 Å². The van der Waals surface area contributed by atoms with Gasteiger partial charge in [-0.3, -0.25) is 4.79 Å². The number of carbonyl (C=O) groups is 1. The van der Waals surface area contributed by atoms with E-state index in [9.17, 15) is 14.7 Å². The second-order valence-electron chi connectivity index (χ2n) is 10.3. The Morgan fingerprint density at radius 3 is 2.65 bits per heavy atom. The molecule has 1 saturated heterocycles. The van der Waals surface area contributed by atoms with Gasteiger partial charge in [-0.05, 0) is 58.0 Å². The number of nitrogens with zero attached hydrogens (tertiary/aromatic N) is 3. The van der Waals surface area contributed by atoms with Crippen LogP contribution < -0.4 is 16.2 Å². The van der Waals surface area contributed by atoms with E-state index in [1.54, 1.807) is 4.90 Å². The Balaban J connectivity index is 1.43. The molecule has 0 saturated carbocycles. The zero-order valence-electron chi connectivity index (χ0n) is 21.1. The number of hydrogen-bond acceptors (Lipinski definition) is 7. The van der Waals surface area contributed by atoms with Crippen LogP contribution in [0.15, 0.2) is 35.1 Å². The summed E-state index contributed by atoms with van der Waals surface area (Å²) in [4.78, 5) is 38.3. The number of nitrogen functional groups attached to an aromatic ring is 1. The largest absolute Gasteiger partial charge is 0.502 e. The predicted octanol–water partition coefficient (Wildman–Crippen LogP) is 3.94. The van der Waals surface area contributed by atoms with Gasteiger partial charge < -0.3 is 35.3 Å². The summed E-state index contributed by atoms with van der Waals surface area (Å²) in [6.45, 7) is 9.29. The fourth-order valence-electron chi connectivity index (χ4n) is 4.69. The van der Waals surface area contributed by atoms with Crippen LogP contribution in [-0.2, 0) is 4.74 Å². The Kier molecular flexibility index (Phi) is 5.73. The summed E-state index contributed by atoms with van der Waals surface area (Å²) in [5.41, 5.74) is 6.83. The van der Waals surface area contributed by atoms with Crippen molar-refractivity contribution in [3.63, 3.8) is 0 Å². The first kappa shape index (κ1) is 24.4. The number of nitrogens with one attached hydrogen (secondary N) is 2. The van der Waals surface area contributed by atoms with Gasteiger partial charge in [-0.15, -0.1) is 0 Å². The summed E-state index contributed by atoms with van der Waals surface area (Å²) >= 11 is 0. The van der Waals surface area contributed by atoms with E-state index in [1.165, 1.54) is 12.1 Å². The fourth-order valence-corrected chi connectivity index (χ4v) is 4.69. The Bertz CT molecular complexity index is 1590. The topological polar surface area (TPSA) is 141 Å². The van der Waals surface area contributed by atoms with Gasteiger partial charge in [0.15, 0.2) is 0 Å². The molecular weight excluding hydrogens is 479 g/mol. The number of amides is 1. The van der Waals surface area contributed by atoms with E-state index in [2.05, 4.69) is 19.9 Å². The average Bonchev–Trinajstić information content (AvgIpc) is 3.24. The number of aromatic nitrogens is 3. The van der Waals surface area contributed by atoms with Crippen molar-refractivity contribution in [2.75, 3.05) is 30.3 Å². The molecule has 1 unspecified atom stereocenters. The van der Waals surface area contributed by atoms with Crippen LogP contribution >= 0.6 is 0 Å². The average molecular weight is 509 g/mol. The monoisotopic (exact) mass is 508 g/mol. The first-order valence-corrected chi connectivity index (χ1v) is 12.0. The lowest BCUT2D eigenvalue weighted by Crippen LogP contribution is -2.54. The summed E-state index contributed by atoms with van der Waals surface area (Å²) < 4.78 is 21.0. The van der Waals surface area contributed by atoms with E-state index in [-0.39, 0.29) is 34.3 Å². The van der Waals surface area contributed by atoms with Gasteiger partial charge in [-0.1, -0.05) is 0 Å². The molecule has 4 aromatic rings. The summed E-state index contributed by atoms with van der Waals surface area (Å²) in [5, 5.41) is 9.81. The van der Waals surface area contributed by atoms with Crippen LogP contribution in [0, 0.1) is 5.82 Å². The van der Waals surface area contributed by atoms with Crippen LogP contribution in [0.4, 0.5) is 20.6 Å². The van der Waals surface area contributed by atoms with Crippen molar-refractivity contribution < 1.29 is 19.0 Å². The Labute approximate surface area is 211 Å². The van der Waals surface area contributed by atoms with Gasteiger partial charge >= 0.3 is 6.09 Å². The van der Waals surface area contributed by atoms with Crippen molar-refractivity contribution in [3.05, 3.63) is 46.5 Å². The van der Waals surface area contributed by atoms with Gasteiger partial charge in [0.1, 0.15) is 17.2 Å². The molecule has 5 N–H and O–H groups in total. The normalized spacial score (nSPS) is 16.5. The molecule has 10 nitrogen and oxygen atoms in total. The van der Waals surface area contributed by atoms with Gasteiger partial charge in [-0.2, -0.15) is 0 Å². The number of imidazole rings is 1. The summed E-state index contributed by atoms with van der Waals surface area (Å²) in [5.74, 6) is -1.13. The molecule has 1 fully saturated rings. The number of rotatable bonds is 2. The highest BCUT2D eigenvalue weighted by molar-refractivity contribution is 5.96. The number of aromatic amines is 2. The van der Waals surface area contributed by atoms with E-state index in [0.717, 1.165) is 5.69 Å². The zero-order chi connectivity index (χ0) is 26.6. The standard InChI is InChI=1S/C26H29FN6O4/c1-13-12-32(25(36)37-26(2,3)4)9-10-33(13)14-5-7-16-18(11-14)30-23(29-16)15-6-8-17-19(20(15)27)21(28)22(34)24(35)31-17/h5-8,11,13,34H,9-10,12H2,1-4H3,(H,29,30)(H3,28,31,35). The number of ether oxygens (including phenoxy) is 1. The molecule has 0 spiro atoms. The number of H-pyrrole nitrogens is 2. The molecule has 194 valence electrons. The van der Waals surface area contributed by atoms with Crippen molar-refractivity contribution >= 4 is 39.4 Å². The maximum atomic E-state index is 15.5. The molecule has 0 aliphatic carbocycles. The van der Waals surface area contributed by atoms with E-state index in [1.807, 2.05) is 45.9 Å². The zero-order valence-corrected chi connectivity index (χ0v) is 21.1. The Morgan fingerprint density at radius 1 is 1.19 bits per heavy atom. The van der Waals surface area contributed by atoms with Crippen molar-refractivity contribution in [3.8, 4) is 17.1 Å². The maximum Gasteiger partial charge on any atom is 0.410 e. The van der Waals surface area contributed by atoms with Crippen molar-refractivity contribution in [2.45, 2.75) is 39.3 Å². The molecule has 1 aliphatic heterocycles. The molecule has 37 heavy (non-hydrogen) atoms. The van der Waals surface area contributed by atoms with Crippen molar-refractivity contribution in [1.29, 1.82) is 0 Å². The Hall–Kier alpha value is -4.28. The van der Waals surface area contributed by atoms with Gasteiger partial charge in [-0.25, -0.2) is 14.2 Å². The smallest absolute Gasteiger partial charge is 0.410 e. The molecule has 11 heteroatoms. The molecule has 2 aromatic heterocycles. The fraction of sp³-hybridized carbons (Fsp3) is 0.346. The van der Waals surface area contributed by atoms with Gasteiger partial charge in [0.2, 0.25) is 5.75 Å². The Morgan fingerprint density at radius 2 is 1.95 bits per heavy atom. The first-order chi connectivity index (χ1) is 17.4. The second-order valence-corrected chi connectivity index (χ2v) is 10.3. The number of piperazine rings is 1. The highest BCUT2D eigenvalue weighted by Gasteiger charge is 2.30. The van der Waals surface area contributed by atoms with Gasteiger partial charge in [0.05, 0.1) is 33.2 Å². The van der Waals surface area contributed by atoms with E-state index in [0.29, 0.717) is 36.5 Å². The summed E-state index contributed by atoms with van der Waals surface area (Å²) in [6.07, 6.45) is -0.317. The minimum absolute atomic E-state index is 0.0526. The van der Waals surface area contributed by atoms with Gasteiger partial charge in [0.25, 0.3) is 5.56 Å². The highest BCUT2D eigenvalue weighted by Crippen LogP contribution is 2.34. The van der Waals surface area contributed by atoms with Crippen LogP contribution in [0.5, 0.6) is 5.75 Å². The molecule has 0 radical (unpaired) electrons. The summed E-state index contributed by atoms with van der Waals surface area (Å²) in [6, 6.07) is 8.83. The molecule has 1 aliphatic rings. The SMILES string of the molecule is CC1CN(C(=O)OC(C)(C)C)CCN1c1ccc2nc(-c3ccc4[nH]c(=O)c(O)c(N)c4c3F)[nH]c2c1. The van der Waals surface area contributed by atoms with Crippen molar-refractivity contribution in [2.24, 2.45) is 0 Å². The molecule has 0 bridgehead atoms. The maximum absolute atomic E-state index is 15.5. The minimum Gasteiger partial charge on any atom is -0.502 e. The van der Waals surface area contributed by atoms with Crippen LogP contribution in [0.3, 0.4) is 0 Å². The third kappa shape index (κ3) is 4.41. The van der Waals surface area contributed by atoms with E-state index >= 15 is 4.39 Å². The molecule has 3 heterocycles. The lowest BCUT2D eigenvalue weighted by molar-refractivity contribution is 0.0219. The van der Waals surface area contributed by atoms with Crippen LogP contribution in [0.25, 0.3) is 33.3 Å². The lowest BCUT2D eigenvalue weighted by atomic mass is 10.1. The van der Waals surface area contributed by atoms with Gasteiger partial charge in [0, 0.05) is 31.4 Å². The third-order valence-electron chi connectivity index (χ3n) is 6.46. The van der Waals surface area contributed by atoms with Crippen LogP contribution in [0.2, 0.25) is 0 Å². The quantitative estimate of drug-likeness (QED) is 0.321. The number of halogens is 1. The lowest BCUT2D eigenvalue weighted by Gasteiger charge is -2.41. The molecule has 5 rings (SSSR count). The number of anilines is 2. The number of carbonyl (C=O) groups excluding carboxylic acids is 1. The minimum atomic E-state index is -0.783. The number of aromatic hydroxyl groups is 1. The number of fused-ring (bicyclic) bond motifs is 2. The number of pyridine rings is 1. The molecule has 2 aromatic carbocycles. The van der Waals surface area contributed by atoms with E-state index in [4.69, 9.17) is 10.5 Å². The first-order valence-electron chi connectivity index (χ1n) is 12.0. The number of nitrogens with two attached hydrogens (primary N) is 1. The van der Waals surface area contributed by atoms with E-state index < -0.39 is 22.7 Å².